The maximum absolute atomic E-state index is 4.45. The van der Waals surface area contributed by atoms with Crippen molar-refractivity contribution < 1.29 is 0 Å². The normalized spacial score (nSPS) is 11.0. The van der Waals surface area contributed by atoms with E-state index in [-0.39, 0.29) is 0 Å². The minimum Gasteiger partial charge on any atom is -0.314 e. The number of nitrogens with one attached hydrogen (secondary N) is 1. The van der Waals surface area contributed by atoms with Crippen molar-refractivity contribution in [3.05, 3.63) is 35.4 Å². The third-order valence-corrected chi connectivity index (χ3v) is 2.86. The van der Waals surface area contributed by atoms with Gasteiger partial charge in [0.05, 0.1) is 23.6 Å². The van der Waals surface area contributed by atoms with Gasteiger partial charge in [-0.25, -0.2) is 0 Å². The summed E-state index contributed by atoms with van der Waals surface area (Å²) in [4.78, 5) is 0. The average molecular weight is 233 g/mol. The number of aromatic nitrogens is 4. The van der Waals surface area contributed by atoms with Gasteiger partial charge in [-0.15, -0.1) is 0 Å². The first kappa shape index (κ1) is 11.9. The quantitative estimate of drug-likeness (QED) is 0.836. The van der Waals surface area contributed by atoms with E-state index in [0.29, 0.717) is 0 Å². The summed E-state index contributed by atoms with van der Waals surface area (Å²) in [7, 11) is 3.92. The van der Waals surface area contributed by atoms with Crippen LogP contribution >= 0.6 is 0 Å². The SMILES string of the molecule is CCc1cc(Cn2nccc2CNC)n(C)n1. The topological polar surface area (TPSA) is 47.7 Å². The Morgan fingerprint density at radius 1 is 1.35 bits per heavy atom. The Morgan fingerprint density at radius 3 is 2.82 bits per heavy atom. The van der Waals surface area contributed by atoms with E-state index < -0.39 is 0 Å². The van der Waals surface area contributed by atoms with Gasteiger partial charge in [-0.1, -0.05) is 6.92 Å². The predicted molar refractivity (Wildman–Crippen MR) is 66.7 cm³/mol. The van der Waals surface area contributed by atoms with Crippen LogP contribution in [0.15, 0.2) is 18.3 Å². The largest absolute Gasteiger partial charge is 0.314 e. The molecule has 0 amide bonds. The molecule has 2 heterocycles. The fourth-order valence-electron chi connectivity index (χ4n) is 1.88. The van der Waals surface area contributed by atoms with Gasteiger partial charge in [-0.3, -0.25) is 9.36 Å². The van der Waals surface area contributed by atoms with E-state index in [1.165, 1.54) is 11.4 Å². The Morgan fingerprint density at radius 2 is 2.18 bits per heavy atom. The van der Waals surface area contributed by atoms with Crippen molar-refractivity contribution in [1.82, 2.24) is 24.9 Å². The highest BCUT2D eigenvalue weighted by atomic mass is 15.3. The van der Waals surface area contributed by atoms with Gasteiger partial charge in [0.2, 0.25) is 0 Å². The Labute approximate surface area is 101 Å². The van der Waals surface area contributed by atoms with Gasteiger partial charge in [-0.2, -0.15) is 10.2 Å². The maximum atomic E-state index is 4.45. The third kappa shape index (κ3) is 2.55. The van der Waals surface area contributed by atoms with Crippen molar-refractivity contribution in [3.63, 3.8) is 0 Å². The molecule has 0 aliphatic carbocycles. The summed E-state index contributed by atoms with van der Waals surface area (Å²) < 4.78 is 3.94. The summed E-state index contributed by atoms with van der Waals surface area (Å²) in [6.07, 6.45) is 2.81. The molecule has 0 saturated heterocycles. The van der Waals surface area contributed by atoms with Crippen molar-refractivity contribution in [2.24, 2.45) is 7.05 Å². The van der Waals surface area contributed by atoms with Crippen LogP contribution in [0.2, 0.25) is 0 Å². The highest BCUT2D eigenvalue weighted by Gasteiger charge is 2.07. The van der Waals surface area contributed by atoms with Crippen molar-refractivity contribution in [3.8, 4) is 0 Å². The van der Waals surface area contributed by atoms with Crippen LogP contribution in [-0.4, -0.2) is 26.6 Å². The van der Waals surface area contributed by atoms with Gasteiger partial charge in [0.15, 0.2) is 0 Å². The fraction of sp³-hybridized carbons (Fsp3) is 0.500. The smallest absolute Gasteiger partial charge is 0.0831 e. The van der Waals surface area contributed by atoms with E-state index in [2.05, 4.69) is 28.5 Å². The molecule has 0 aromatic carbocycles. The lowest BCUT2D eigenvalue weighted by atomic mass is 10.3. The first-order chi connectivity index (χ1) is 8.24. The molecule has 0 fully saturated rings. The van der Waals surface area contributed by atoms with Crippen molar-refractivity contribution in [2.45, 2.75) is 26.4 Å². The number of hydrogen-bond acceptors (Lipinski definition) is 3. The molecular weight excluding hydrogens is 214 g/mol. The molecule has 0 saturated carbocycles. The molecule has 0 aliphatic heterocycles. The molecule has 17 heavy (non-hydrogen) atoms. The van der Waals surface area contributed by atoms with E-state index in [0.717, 1.165) is 25.2 Å². The molecule has 2 rings (SSSR count). The van der Waals surface area contributed by atoms with Gasteiger partial charge < -0.3 is 5.32 Å². The Hall–Kier alpha value is -1.62. The van der Waals surface area contributed by atoms with E-state index in [4.69, 9.17) is 0 Å². The molecule has 0 spiro atoms. The summed E-state index contributed by atoms with van der Waals surface area (Å²) in [5.41, 5.74) is 3.50. The van der Waals surface area contributed by atoms with Crippen molar-refractivity contribution in [2.75, 3.05) is 7.05 Å². The third-order valence-electron chi connectivity index (χ3n) is 2.86. The molecule has 1 N–H and O–H groups in total. The zero-order valence-electron chi connectivity index (χ0n) is 10.6. The van der Waals surface area contributed by atoms with Crippen LogP contribution in [0.1, 0.15) is 24.0 Å². The second kappa shape index (κ2) is 5.14. The molecular formula is C12H19N5. The maximum Gasteiger partial charge on any atom is 0.0831 e. The summed E-state index contributed by atoms with van der Waals surface area (Å²) in [6.45, 7) is 3.72. The van der Waals surface area contributed by atoms with Crippen LogP contribution in [0.3, 0.4) is 0 Å². The van der Waals surface area contributed by atoms with E-state index in [9.17, 15) is 0 Å². The summed E-state index contributed by atoms with van der Waals surface area (Å²) in [6, 6.07) is 4.18. The molecule has 2 aromatic heterocycles. The molecule has 0 atom stereocenters. The van der Waals surface area contributed by atoms with Crippen LogP contribution < -0.4 is 5.32 Å². The lowest BCUT2D eigenvalue weighted by molar-refractivity contribution is 0.583. The number of aryl methyl sites for hydroxylation is 2. The summed E-state index contributed by atoms with van der Waals surface area (Å²) >= 11 is 0. The van der Waals surface area contributed by atoms with Crippen molar-refractivity contribution in [1.29, 1.82) is 0 Å². The van der Waals surface area contributed by atoms with Crippen LogP contribution in [0.25, 0.3) is 0 Å². The standard InChI is InChI=1S/C12H19N5/c1-4-10-7-12(16(3)15-10)9-17-11(8-13-2)5-6-14-17/h5-7,13H,4,8-9H2,1-3H3. The van der Waals surface area contributed by atoms with Gasteiger partial charge in [0.25, 0.3) is 0 Å². The van der Waals surface area contributed by atoms with Gasteiger partial charge in [-0.05, 0) is 25.6 Å². The second-order valence-corrected chi connectivity index (χ2v) is 4.11. The van der Waals surface area contributed by atoms with Crippen LogP contribution in [0.5, 0.6) is 0 Å². The van der Waals surface area contributed by atoms with Gasteiger partial charge in [0, 0.05) is 19.8 Å². The monoisotopic (exact) mass is 233 g/mol. The fourth-order valence-corrected chi connectivity index (χ4v) is 1.88. The molecule has 2 aromatic rings. The summed E-state index contributed by atoms with van der Waals surface area (Å²) in [5, 5.41) is 11.9. The first-order valence-corrected chi connectivity index (χ1v) is 5.91. The summed E-state index contributed by atoms with van der Waals surface area (Å²) in [5.74, 6) is 0. The Balaban J connectivity index is 2.18. The minimum atomic E-state index is 0.771. The zero-order chi connectivity index (χ0) is 12.3. The van der Waals surface area contributed by atoms with E-state index in [1.807, 2.05) is 35.7 Å². The lowest BCUT2D eigenvalue weighted by Crippen LogP contribution is -2.14. The molecule has 0 radical (unpaired) electrons. The molecule has 5 nitrogen and oxygen atoms in total. The van der Waals surface area contributed by atoms with Gasteiger partial charge >= 0.3 is 0 Å². The van der Waals surface area contributed by atoms with E-state index >= 15 is 0 Å². The molecule has 0 aliphatic rings. The minimum absolute atomic E-state index is 0.771. The molecule has 0 unspecified atom stereocenters. The Kier molecular flexibility index (Phi) is 3.58. The second-order valence-electron chi connectivity index (χ2n) is 4.11. The average Bonchev–Trinajstić information content (AvgIpc) is 2.88. The first-order valence-electron chi connectivity index (χ1n) is 5.91. The van der Waals surface area contributed by atoms with Gasteiger partial charge in [0.1, 0.15) is 0 Å². The number of nitrogens with zero attached hydrogens (tertiary/aromatic N) is 4. The van der Waals surface area contributed by atoms with E-state index in [1.54, 1.807) is 0 Å². The van der Waals surface area contributed by atoms with Crippen LogP contribution in [-0.2, 0) is 26.6 Å². The molecule has 0 bridgehead atoms. The zero-order valence-corrected chi connectivity index (χ0v) is 10.6. The number of hydrogen-bond donors (Lipinski definition) is 1. The van der Waals surface area contributed by atoms with Crippen molar-refractivity contribution >= 4 is 0 Å². The number of rotatable bonds is 5. The predicted octanol–water partition coefficient (Wildman–Crippen LogP) is 0.947. The lowest BCUT2D eigenvalue weighted by Gasteiger charge is -2.07. The van der Waals surface area contributed by atoms with Crippen LogP contribution in [0, 0.1) is 0 Å². The highest BCUT2D eigenvalue weighted by Crippen LogP contribution is 2.08. The Bertz CT molecular complexity index is 483. The molecule has 5 heteroatoms. The highest BCUT2D eigenvalue weighted by molar-refractivity contribution is 5.12. The molecule has 92 valence electrons. The van der Waals surface area contributed by atoms with Crippen LogP contribution in [0.4, 0.5) is 0 Å².